The molecule has 5 rings (SSSR count). The largest absolute Gasteiger partial charge is 0.384 e. The second-order valence-corrected chi connectivity index (χ2v) is 8.60. The highest BCUT2D eigenvalue weighted by atomic mass is 19.1. The third kappa shape index (κ3) is 3.17. The van der Waals surface area contributed by atoms with Crippen molar-refractivity contribution < 1.29 is 8.78 Å². The molecule has 1 unspecified atom stereocenters. The molecule has 1 saturated heterocycles. The number of fused-ring (bicyclic) bond motifs is 1. The Bertz CT molecular complexity index is 995. The molecule has 0 spiro atoms. The van der Waals surface area contributed by atoms with Crippen LogP contribution in [0.1, 0.15) is 24.0 Å². The van der Waals surface area contributed by atoms with Crippen LogP contribution in [-0.4, -0.2) is 47.5 Å². The van der Waals surface area contributed by atoms with Crippen LogP contribution in [0.15, 0.2) is 41.4 Å². The van der Waals surface area contributed by atoms with Gasteiger partial charge in [0.05, 0.1) is 11.4 Å². The van der Waals surface area contributed by atoms with E-state index >= 15 is 0 Å². The number of hydrogen-bond acceptors (Lipinski definition) is 5. The molecule has 3 N–H and O–H groups in total. The van der Waals surface area contributed by atoms with Crippen molar-refractivity contribution in [2.75, 3.05) is 31.5 Å². The summed E-state index contributed by atoms with van der Waals surface area (Å²) in [5.41, 5.74) is 8.59. The molecule has 2 aromatic rings. The number of halogens is 2. The smallest absolute Gasteiger partial charge is 0.153 e. The van der Waals surface area contributed by atoms with Crippen LogP contribution < -0.4 is 11.1 Å². The van der Waals surface area contributed by atoms with Gasteiger partial charge in [-0.1, -0.05) is 18.2 Å². The van der Waals surface area contributed by atoms with Crippen LogP contribution in [-0.2, 0) is 6.54 Å². The number of piperazine rings is 1. The van der Waals surface area contributed by atoms with Crippen molar-refractivity contribution in [3.8, 4) is 0 Å². The minimum Gasteiger partial charge on any atom is -0.384 e. The van der Waals surface area contributed by atoms with E-state index in [2.05, 4.69) is 15.1 Å². The zero-order chi connectivity index (χ0) is 20.9. The number of anilines is 1. The summed E-state index contributed by atoms with van der Waals surface area (Å²) < 4.78 is 28.6. The fourth-order valence-electron chi connectivity index (χ4n) is 4.81. The Morgan fingerprint density at radius 3 is 2.57 bits per heavy atom. The molecule has 0 aromatic heterocycles. The number of aryl methyl sites for hydroxylation is 1. The standard InChI is InChI=1S/C23H27F2N5/c1-15-6-9-18(24)17(21(15)25)14-29-10-12-30(13-11-29)23(16-7-8-16)22(26)27-19-4-2-3-5-20(19)28-23/h2-6,9,16,28H,7-8,10-14H2,1H3,(H2,26,27). The molecular weight excluding hydrogens is 384 g/mol. The topological polar surface area (TPSA) is 56.9 Å². The second-order valence-electron chi connectivity index (χ2n) is 8.60. The third-order valence-electron chi connectivity index (χ3n) is 6.66. The number of rotatable bonds is 4. The number of aliphatic imine (C=N–C) groups is 1. The lowest BCUT2D eigenvalue weighted by Gasteiger charge is -2.50. The zero-order valence-electron chi connectivity index (χ0n) is 17.2. The van der Waals surface area contributed by atoms with Crippen molar-refractivity contribution >= 4 is 17.2 Å². The van der Waals surface area contributed by atoms with Gasteiger partial charge in [-0.15, -0.1) is 0 Å². The molecule has 5 nitrogen and oxygen atoms in total. The molecule has 158 valence electrons. The summed E-state index contributed by atoms with van der Waals surface area (Å²) in [6, 6.07) is 10.8. The van der Waals surface area contributed by atoms with Gasteiger partial charge in [0.2, 0.25) is 0 Å². The molecule has 2 heterocycles. The molecule has 7 heteroatoms. The van der Waals surface area contributed by atoms with Crippen LogP contribution in [0.3, 0.4) is 0 Å². The van der Waals surface area contributed by atoms with Gasteiger partial charge in [-0.25, -0.2) is 13.8 Å². The van der Waals surface area contributed by atoms with Gasteiger partial charge in [0.25, 0.3) is 0 Å². The van der Waals surface area contributed by atoms with Gasteiger partial charge < -0.3 is 11.1 Å². The van der Waals surface area contributed by atoms with Crippen LogP contribution >= 0.6 is 0 Å². The van der Waals surface area contributed by atoms with Crippen LogP contribution in [0.4, 0.5) is 20.2 Å². The Morgan fingerprint density at radius 1 is 1.10 bits per heavy atom. The van der Waals surface area contributed by atoms with Crippen LogP contribution in [0.5, 0.6) is 0 Å². The molecule has 0 amide bonds. The fourth-order valence-corrected chi connectivity index (χ4v) is 4.81. The van der Waals surface area contributed by atoms with Crippen molar-refractivity contribution in [3.05, 3.63) is 59.2 Å². The number of hydrogen-bond donors (Lipinski definition) is 2. The Hall–Kier alpha value is -2.51. The van der Waals surface area contributed by atoms with E-state index in [1.807, 2.05) is 24.3 Å². The summed E-state index contributed by atoms with van der Waals surface area (Å²) >= 11 is 0. The van der Waals surface area contributed by atoms with Crippen LogP contribution in [0.25, 0.3) is 0 Å². The summed E-state index contributed by atoms with van der Waals surface area (Å²) in [5.74, 6) is 0.131. The quantitative estimate of drug-likeness (QED) is 0.807. The monoisotopic (exact) mass is 411 g/mol. The maximum Gasteiger partial charge on any atom is 0.153 e. The lowest BCUT2D eigenvalue weighted by atomic mass is 9.96. The van der Waals surface area contributed by atoms with E-state index < -0.39 is 17.3 Å². The van der Waals surface area contributed by atoms with E-state index in [0.717, 1.165) is 50.4 Å². The highest BCUT2D eigenvalue weighted by Crippen LogP contribution is 2.47. The molecule has 1 saturated carbocycles. The number of benzene rings is 2. The summed E-state index contributed by atoms with van der Waals surface area (Å²) in [4.78, 5) is 9.22. The normalized spacial score (nSPS) is 24.8. The van der Waals surface area contributed by atoms with Crippen molar-refractivity contribution in [1.82, 2.24) is 9.80 Å². The van der Waals surface area contributed by atoms with E-state index in [1.165, 1.54) is 12.1 Å². The average molecular weight is 412 g/mol. The van der Waals surface area contributed by atoms with Gasteiger partial charge in [0, 0.05) is 44.2 Å². The summed E-state index contributed by atoms with van der Waals surface area (Å²) in [6.07, 6.45) is 2.23. The van der Waals surface area contributed by atoms with E-state index in [-0.39, 0.29) is 12.1 Å². The molecule has 2 aromatic carbocycles. The number of nitrogens with one attached hydrogen (secondary N) is 1. The van der Waals surface area contributed by atoms with Crippen molar-refractivity contribution in [2.45, 2.75) is 32.0 Å². The Morgan fingerprint density at radius 2 is 1.83 bits per heavy atom. The van der Waals surface area contributed by atoms with Crippen molar-refractivity contribution in [3.63, 3.8) is 0 Å². The van der Waals surface area contributed by atoms with Gasteiger partial charge in [0.15, 0.2) is 5.66 Å². The molecular formula is C23H27F2N5. The molecule has 2 aliphatic heterocycles. The van der Waals surface area contributed by atoms with E-state index in [4.69, 9.17) is 10.7 Å². The van der Waals surface area contributed by atoms with Crippen LogP contribution in [0, 0.1) is 24.5 Å². The molecule has 30 heavy (non-hydrogen) atoms. The van der Waals surface area contributed by atoms with E-state index in [1.54, 1.807) is 6.92 Å². The first-order valence-electron chi connectivity index (χ1n) is 10.6. The summed E-state index contributed by atoms with van der Waals surface area (Å²) in [6.45, 7) is 4.91. The maximum atomic E-state index is 14.4. The highest BCUT2D eigenvalue weighted by molar-refractivity contribution is 5.99. The van der Waals surface area contributed by atoms with E-state index in [9.17, 15) is 8.78 Å². The SMILES string of the molecule is Cc1ccc(F)c(CN2CCN(C3(C4CC4)Nc4ccccc4N=C3N)CC2)c1F. The first-order chi connectivity index (χ1) is 14.5. The zero-order valence-corrected chi connectivity index (χ0v) is 17.2. The van der Waals surface area contributed by atoms with Gasteiger partial charge in [-0.2, -0.15) is 0 Å². The summed E-state index contributed by atoms with van der Waals surface area (Å²) in [5, 5.41) is 3.71. The minimum absolute atomic E-state index is 0.158. The molecule has 0 bridgehead atoms. The van der Waals surface area contributed by atoms with Crippen LogP contribution in [0.2, 0.25) is 0 Å². The minimum atomic E-state index is -0.475. The third-order valence-corrected chi connectivity index (χ3v) is 6.66. The molecule has 0 radical (unpaired) electrons. The maximum absolute atomic E-state index is 14.4. The molecule has 1 aliphatic carbocycles. The Balaban J connectivity index is 1.34. The lowest BCUT2D eigenvalue weighted by molar-refractivity contribution is 0.0654. The van der Waals surface area contributed by atoms with Gasteiger partial charge >= 0.3 is 0 Å². The molecule has 2 fully saturated rings. The first-order valence-corrected chi connectivity index (χ1v) is 10.6. The molecule has 3 aliphatic rings. The Kier molecular flexibility index (Phi) is 4.75. The number of para-hydroxylation sites is 2. The predicted octanol–water partition coefficient (Wildman–Crippen LogP) is 3.61. The average Bonchev–Trinajstić information content (AvgIpc) is 3.60. The summed E-state index contributed by atoms with van der Waals surface area (Å²) in [7, 11) is 0. The number of nitrogens with zero attached hydrogens (tertiary/aromatic N) is 3. The predicted molar refractivity (Wildman–Crippen MR) is 115 cm³/mol. The van der Waals surface area contributed by atoms with Crippen molar-refractivity contribution in [2.24, 2.45) is 16.6 Å². The lowest BCUT2D eigenvalue weighted by Crippen LogP contribution is -2.68. The first kappa shape index (κ1) is 19.5. The van der Waals surface area contributed by atoms with Crippen molar-refractivity contribution in [1.29, 1.82) is 0 Å². The van der Waals surface area contributed by atoms with Gasteiger partial charge in [-0.05, 0) is 43.5 Å². The number of amidine groups is 1. The Labute approximate surface area is 175 Å². The second kappa shape index (κ2) is 7.32. The van der Waals surface area contributed by atoms with Gasteiger partial charge in [-0.3, -0.25) is 9.80 Å². The fraction of sp³-hybridized carbons (Fsp3) is 0.435. The number of nitrogens with two attached hydrogens (primary N) is 1. The van der Waals surface area contributed by atoms with E-state index in [0.29, 0.717) is 17.3 Å². The highest BCUT2D eigenvalue weighted by Gasteiger charge is 2.54. The molecule has 1 atom stereocenters. The van der Waals surface area contributed by atoms with Gasteiger partial charge in [0.1, 0.15) is 17.5 Å².